The molecular formula is C13H15ClN2O4. The maximum atomic E-state index is 12.4. The van der Waals surface area contributed by atoms with Gasteiger partial charge in [-0.15, -0.1) is 0 Å². The lowest BCUT2D eigenvalue weighted by Gasteiger charge is -2.29. The predicted octanol–water partition coefficient (Wildman–Crippen LogP) is 1.30. The molecule has 1 aromatic rings. The van der Waals surface area contributed by atoms with Gasteiger partial charge in [0.15, 0.2) is 0 Å². The van der Waals surface area contributed by atoms with Gasteiger partial charge in [0.2, 0.25) is 0 Å². The van der Waals surface area contributed by atoms with Crippen LogP contribution in [0.4, 0.5) is 0 Å². The van der Waals surface area contributed by atoms with E-state index in [4.69, 9.17) is 21.4 Å². The van der Waals surface area contributed by atoms with Crippen LogP contribution in [0.15, 0.2) is 18.2 Å². The van der Waals surface area contributed by atoms with Crippen molar-refractivity contribution >= 4 is 23.5 Å². The van der Waals surface area contributed by atoms with E-state index in [-0.39, 0.29) is 30.0 Å². The molecule has 20 heavy (non-hydrogen) atoms. The minimum absolute atomic E-state index is 0.118. The molecule has 1 aliphatic rings. The van der Waals surface area contributed by atoms with Crippen molar-refractivity contribution in [1.29, 1.82) is 0 Å². The number of likely N-dealkylation sites (N-methyl/N-ethyl adjacent to an activating group) is 1. The van der Waals surface area contributed by atoms with Gasteiger partial charge in [0.05, 0.1) is 19.3 Å². The van der Waals surface area contributed by atoms with Crippen molar-refractivity contribution in [2.75, 3.05) is 19.8 Å². The second-order valence-corrected chi connectivity index (χ2v) is 4.87. The van der Waals surface area contributed by atoms with Crippen LogP contribution < -0.4 is 0 Å². The zero-order chi connectivity index (χ0) is 14.7. The van der Waals surface area contributed by atoms with E-state index >= 15 is 0 Å². The van der Waals surface area contributed by atoms with Crippen LogP contribution in [0.1, 0.15) is 17.4 Å². The molecule has 2 unspecified atom stereocenters. The summed E-state index contributed by atoms with van der Waals surface area (Å²) in [4.78, 5) is 29.1. The molecular weight excluding hydrogens is 284 g/mol. The van der Waals surface area contributed by atoms with Gasteiger partial charge in [0.25, 0.3) is 5.91 Å². The Bertz CT molecular complexity index is 523. The molecule has 1 fully saturated rings. The number of nitrogens with zero attached hydrogens (tertiary/aromatic N) is 2. The standard InChI is InChI=1S/C13H15ClN2O4/c1-2-16(10-7-20-6-8(10)13(18)19)12(17)9-4-3-5-11(14)15-9/h3-5,8,10H,2,6-7H2,1H3,(H,18,19). The number of pyridine rings is 1. The molecule has 0 radical (unpaired) electrons. The van der Waals surface area contributed by atoms with Crippen LogP contribution in [-0.2, 0) is 9.53 Å². The molecule has 1 amide bonds. The predicted molar refractivity (Wildman–Crippen MR) is 71.7 cm³/mol. The van der Waals surface area contributed by atoms with Gasteiger partial charge in [0, 0.05) is 6.54 Å². The Hall–Kier alpha value is -1.66. The van der Waals surface area contributed by atoms with E-state index in [0.717, 1.165) is 0 Å². The molecule has 2 rings (SSSR count). The van der Waals surface area contributed by atoms with Gasteiger partial charge in [0.1, 0.15) is 16.8 Å². The summed E-state index contributed by atoms with van der Waals surface area (Å²) in [6, 6.07) is 4.29. The lowest BCUT2D eigenvalue weighted by atomic mass is 10.0. The summed E-state index contributed by atoms with van der Waals surface area (Å²) >= 11 is 5.77. The van der Waals surface area contributed by atoms with Crippen LogP contribution in [0.25, 0.3) is 0 Å². The van der Waals surface area contributed by atoms with E-state index in [0.29, 0.717) is 6.54 Å². The minimum Gasteiger partial charge on any atom is -0.481 e. The Morgan fingerprint density at radius 1 is 1.50 bits per heavy atom. The number of amides is 1. The molecule has 0 saturated carbocycles. The first kappa shape index (κ1) is 14.7. The Morgan fingerprint density at radius 2 is 2.25 bits per heavy atom. The van der Waals surface area contributed by atoms with E-state index in [1.807, 2.05) is 0 Å². The minimum atomic E-state index is -0.960. The number of carbonyl (C=O) groups excluding carboxylic acids is 1. The molecule has 7 heteroatoms. The molecule has 2 atom stereocenters. The van der Waals surface area contributed by atoms with Crippen molar-refractivity contribution in [3.63, 3.8) is 0 Å². The van der Waals surface area contributed by atoms with Crippen LogP contribution in [0.2, 0.25) is 5.15 Å². The molecule has 2 heterocycles. The Balaban J connectivity index is 2.23. The summed E-state index contributed by atoms with van der Waals surface area (Å²) in [6.07, 6.45) is 0. The van der Waals surface area contributed by atoms with E-state index in [2.05, 4.69) is 4.98 Å². The fraction of sp³-hybridized carbons (Fsp3) is 0.462. The zero-order valence-electron chi connectivity index (χ0n) is 11.0. The van der Waals surface area contributed by atoms with Crippen LogP contribution in [0, 0.1) is 5.92 Å². The van der Waals surface area contributed by atoms with Crippen molar-refractivity contribution in [3.8, 4) is 0 Å². The largest absolute Gasteiger partial charge is 0.481 e. The number of hydrogen-bond donors (Lipinski definition) is 1. The summed E-state index contributed by atoms with van der Waals surface area (Å²) in [5, 5.41) is 9.40. The van der Waals surface area contributed by atoms with Crippen LogP contribution >= 0.6 is 11.6 Å². The third-order valence-electron chi connectivity index (χ3n) is 3.30. The third-order valence-corrected chi connectivity index (χ3v) is 3.51. The van der Waals surface area contributed by atoms with E-state index in [1.54, 1.807) is 25.1 Å². The highest BCUT2D eigenvalue weighted by molar-refractivity contribution is 6.29. The van der Waals surface area contributed by atoms with Gasteiger partial charge in [-0.05, 0) is 19.1 Å². The number of ether oxygens (including phenoxy) is 1. The fourth-order valence-corrected chi connectivity index (χ4v) is 2.45. The molecule has 0 aliphatic carbocycles. The van der Waals surface area contributed by atoms with Gasteiger partial charge in [-0.2, -0.15) is 0 Å². The number of rotatable bonds is 4. The lowest BCUT2D eigenvalue weighted by molar-refractivity contribution is -0.142. The number of carbonyl (C=O) groups is 2. The second kappa shape index (κ2) is 6.19. The summed E-state index contributed by atoms with van der Waals surface area (Å²) in [7, 11) is 0. The molecule has 1 saturated heterocycles. The van der Waals surface area contributed by atoms with E-state index in [1.165, 1.54) is 4.90 Å². The van der Waals surface area contributed by atoms with Gasteiger partial charge >= 0.3 is 5.97 Å². The average molecular weight is 299 g/mol. The maximum absolute atomic E-state index is 12.4. The first-order valence-corrected chi connectivity index (χ1v) is 6.66. The Kier molecular flexibility index (Phi) is 4.57. The second-order valence-electron chi connectivity index (χ2n) is 4.49. The van der Waals surface area contributed by atoms with E-state index in [9.17, 15) is 9.59 Å². The summed E-state index contributed by atoms with van der Waals surface area (Å²) < 4.78 is 5.20. The van der Waals surface area contributed by atoms with Crippen LogP contribution in [0.5, 0.6) is 0 Å². The number of aromatic nitrogens is 1. The number of carboxylic acids is 1. The van der Waals surface area contributed by atoms with Gasteiger partial charge in [-0.3, -0.25) is 9.59 Å². The SMILES string of the molecule is CCN(C(=O)c1cccc(Cl)n1)C1COCC1C(=O)O. The molecule has 1 aromatic heterocycles. The van der Waals surface area contributed by atoms with Crippen molar-refractivity contribution in [2.24, 2.45) is 5.92 Å². The first-order chi connectivity index (χ1) is 9.54. The molecule has 6 nitrogen and oxygen atoms in total. The summed E-state index contributed by atoms with van der Waals surface area (Å²) in [5.74, 6) is -2.01. The number of carboxylic acid groups (broad SMARTS) is 1. The van der Waals surface area contributed by atoms with E-state index < -0.39 is 17.9 Å². The molecule has 0 aromatic carbocycles. The van der Waals surface area contributed by atoms with Crippen LogP contribution in [-0.4, -0.2) is 52.7 Å². The monoisotopic (exact) mass is 298 g/mol. The molecule has 0 spiro atoms. The normalized spacial score (nSPS) is 21.7. The first-order valence-electron chi connectivity index (χ1n) is 6.28. The topological polar surface area (TPSA) is 79.7 Å². The molecule has 1 aliphatic heterocycles. The highest BCUT2D eigenvalue weighted by Gasteiger charge is 2.39. The Morgan fingerprint density at radius 3 is 2.85 bits per heavy atom. The highest BCUT2D eigenvalue weighted by atomic mass is 35.5. The average Bonchev–Trinajstić information content (AvgIpc) is 2.89. The fourth-order valence-electron chi connectivity index (χ4n) is 2.29. The van der Waals surface area contributed by atoms with Crippen molar-refractivity contribution in [2.45, 2.75) is 13.0 Å². The van der Waals surface area contributed by atoms with Crippen molar-refractivity contribution in [1.82, 2.24) is 9.88 Å². The Labute approximate surface area is 121 Å². The number of aliphatic carboxylic acids is 1. The van der Waals surface area contributed by atoms with Gasteiger partial charge in [-0.1, -0.05) is 17.7 Å². The third kappa shape index (κ3) is 2.91. The lowest BCUT2D eigenvalue weighted by Crippen LogP contribution is -2.46. The maximum Gasteiger partial charge on any atom is 0.311 e. The van der Waals surface area contributed by atoms with Gasteiger partial charge < -0.3 is 14.7 Å². The summed E-state index contributed by atoms with van der Waals surface area (Å²) in [6.45, 7) is 2.51. The van der Waals surface area contributed by atoms with Crippen molar-refractivity contribution < 1.29 is 19.4 Å². The summed E-state index contributed by atoms with van der Waals surface area (Å²) in [5.41, 5.74) is 0.204. The zero-order valence-corrected chi connectivity index (χ0v) is 11.7. The van der Waals surface area contributed by atoms with Gasteiger partial charge in [-0.25, -0.2) is 4.98 Å². The van der Waals surface area contributed by atoms with Crippen molar-refractivity contribution in [3.05, 3.63) is 29.0 Å². The van der Waals surface area contributed by atoms with Crippen LogP contribution in [0.3, 0.4) is 0 Å². The highest BCUT2D eigenvalue weighted by Crippen LogP contribution is 2.22. The molecule has 108 valence electrons. The number of hydrogen-bond acceptors (Lipinski definition) is 4. The molecule has 1 N–H and O–H groups in total. The number of halogens is 1. The molecule has 0 bridgehead atoms. The smallest absolute Gasteiger partial charge is 0.311 e. The quantitative estimate of drug-likeness (QED) is 0.848.